The Bertz CT molecular complexity index is 694. The SMILES string of the molecule is CCNC(=NCc1c(CC)nn(C)c1CC)N1CCN(CC(=O)NCCOC)CC1. The molecule has 1 fully saturated rings. The maximum atomic E-state index is 12.0. The number of aromatic nitrogens is 2. The Morgan fingerprint density at radius 3 is 2.47 bits per heavy atom. The summed E-state index contributed by atoms with van der Waals surface area (Å²) in [6.07, 6.45) is 1.87. The Kier molecular flexibility index (Phi) is 10.1. The second-order valence-corrected chi connectivity index (χ2v) is 7.48. The number of aryl methyl sites for hydroxylation is 2. The van der Waals surface area contributed by atoms with Gasteiger partial charge in [0.2, 0.25) is 5.91 Å². The second-order valence-electron chi connectivity index (χ2n) is 7.48. The summed E-state index contributed by atoms with van der Waals surface area (Å²) in [4.78, 5) is 21.4. The zero-order chi connectivity index (χ0) is 21.9. The van der Waals surface area contributed by atoms with E-state index in [1.54, 1.807) is 7.11 Å². The smallest absolute Gasteiger partial charge is 0.234 e. The molecule has 0 bridgehead atoms. The van der Waals surface area contributed by atoms with E-state index in [0.29, 0.717) is 26.2 Å². The van der Waals surface area contributed by atoms with Gasteiger partial charge >= 0.3 is 0 Å². The van der Waals surface area contributed by atoms with E-state index in [2.05, 4.69) is 46.3 Å². The van der Waals surface area contributed by atoms with Crippen molar-refractivity contribution in [2.45, 2.75) is 40.2 Å². The normalized spacial score (nSPS) is 15.5. The van der Waals surface area contributed by atoms with Crippen LogP contribution in [0, 0.1) is 0 Å². The molecule has 1 aliphatic heterocycles. The van der Waals surface area contributed by atoms with Crippen LogP contribution in [0.1, 0.15) is 37.7 Å². The topological polar surface area (TPSA) is 87.0 Å². The van der Waals surface area contributed by atoms with E-state index in [9.17, 15) is 4.79 Å². The number of rotatable bonds is 10. The number of nitrogens with one attached hydrogen (secondary N) is 2. The fourth-order valence-electron chi connectivity index (χ4n) is 3.82. The van der Waals surface area contributed by atoms with E-state index in [1.165, 1.54) is 11.3 Å². The molecule has 9 nitrogen and oxygen atoms in total. The largest absolute Gasteiger partial charge is 0.383 e. The molecule has 1 amide bonds. The minimum atomic E-state index is 0.0526. The highest BCUT2D eigenvalue weighted by atomic mass is 16.5. The molecule has 2 rings (SSSR count). The third-order valence-corrected chi connectivity index (χ3v) is 5.42. The first kappa shape index (κ1) is 24.1. The number of piperazine rings is 1. The monoisotopic (exact) mass is 421 g/mol. The standard InChI is InChI=1S/C21H39N7O2/c1-6-18-17(19(7-2)26(4)25-18)15-24-21(22-8-3)28-12-10-27(11-13-28)16-20(29)23-9-14-30-5/h6-16H2,1-5H3,(H,22,24)(H,23,29). The molecule has 0 atom stereocenters. The van der Waals surface area contributed by atoms with Gasteiger partial charge in [0.25, 0.3) is 0 Å². The van der Waals surface area contributed by atoms with Crippen molar-refractivity contribution in [3.05, 3.63) is 17.0 Å². The van der Waals surface area contributed by atoms with Crippen molar-refractivity contribution in [3.63, 3.8) is 0 Å². The molecule has 0 spiro atoms. The summed E-state index contributed by atoms with van der Waals surface area (Å²) in [5, 5.41) is 11.0. The van der Waals surface area contributed by atoms with Gasteiger partial charge in [-0.25, -0.2) is 4.99 Å². The van der Waals surface area contributed by atoms with Crippen molar-refractivity contribution in [2.24, 2.45) is 12.0 Å². The highest BCUT2D eigenvalue weighted by Crippen LogP contribution is 2.17. The lowest BCUT2D eigenvalue weighted by Gasteiger charge is -2.36. The Morgan fingerprint density at radius 2 is 1.87 bits per heavy atom. The van der Waals surface area contributed by atoms with Gasteiger partial charge in [0, 0.05) is 64.7 Å². The highest BCUT2D eigenvalue weighted by Gasteiger charge is 2.21. The zero-order valence-corrected chi connectivity index (χ0v) is 19.3. The summed E-state index contributed by atoms with van der Waals surface area (Å²) in [5.41, 5.74) is 3.65. The Morgan fingerprint density at radius 1 is 1.13 bits per heavy atom. The molecule has 1 aliphatic rings. The predicted molar refractivity (Wildman–Crippen MR) is 120 cm³/mol. The molecule has 0 aliphatic carbocycles. The number of methoxy groups -OCH3 is 1. The van der Waals surface area contributed by atoms with Gasteiger partial charge in [0.05, 0.1) is 25.4 Å². The Labute approximate surface area is 180 Å². The molecule has 30 heavy (non-hydrogen) atoms. The summed E-state index contributed by atoms with van der Waals surface area (Å²) in [6.45, 7) is 12.8. The van der Waals surface area contributed by atoms with Crippen LogP contribution in [0.2, 0.25) is 0 Å². The lowest BCUT2D eigenvalue weighted by molar-refractivity contribution is -0.122. The van der Waals surface area contributed by atoms with Gasteiger partial charge in [-0.1, -0.05) is 13.8 Å². The molecule has 0 saturated carbocycles. The van der Waals surface area contributed by atoms with E-state index in [-0.39, 0.29) is 5.91 Å². The van der Waals surface area contributed by atoms with Crippen LogP contribution in [-0.4, -0.2) is 91.0 Å². The number of guanidine groups is 1. The fraction of sp³-hybridized carbons (Fsp3) is 0.762. The van der Waals surface area contributed by atoms with Crippen molar-refractivity contribution in [3.8, 4) is 0 Å². The van der Waals surface area contributed by atoms with Gasteiger partial charge in [0.1, 0.15) is 0 Å². The molecule has 0 radical (unpaired) electrons. The summed E-state index contributed by atoms with van der Waals surface area (Å²) >= 11 is 0. The summed E-state index contributed by atoms with van der Waals surface area (Å²) < 4.78 is 6.96. The van der Waals surface area contributed by atoms with Crippen LogP contribution in [0.4, 0.5) is 0 Å². The fourth-order valence-corrected chi connectivity index (χ4v) is 3.82. The highest BCUT2D eigenvalue weighted by molar-refractivity contribution is 5.80. The minimum Gasteiger partial charge on any atom is -0.383 e. The van der Waals surface area contributed by atoms with Crippen LogP contribution in [0.3, 0.4) is 0 Å². The van der Waals surface area contributed by atoms with E-state index in [4.69, 9.17) is 9.73 Å². The minimum absolute atomic E-state index is 0.0526. The lowest BCUT2D eigenvalue weighted by Crippen LogP contribution is -2.54. The van der Waals surface area contributed by atoms with E-state index < -0.39 is 0 Å². The molecule has 1 saturated heterocycles. The van der Waals surface area contributed by atoms with Crippen LogP contribution in [-0.2, 0) is 36.0 Å². The molecule has 0 aromatic carbocycles. The van der Waals surface area contributed by atoms with Crippen LogP contribution in [0.15, 0.2) is 4.99 Å². The van der Waals surface area contributed by atoms with Crippen molar-refractivity contribution in [2.75, 3.05) is 59.5 Å². The predicted octanol–water partition coefficient (Wildman–Crippen LogP) is 0.391. The molecule has 2 heterocycles. The maximum Gasteiger partial charge on any atom is 0.234 e. The number of hydrogen-bond donors (Lipinski definition) is 2. The quantitative estimate of drug-likeness (QED) is 0.323. The van der Waals surface area contributed by atoms with Gasteiger partial charge in [-0.3, -0.25) is 14.4 Å². The lowest BCUT2D eigenvalue weighted by atomic mass is 10.1. The zero-order valence-electron chi connectivity index (χ0n) is 19.3. The number of aliphatic imine (C=N–C) groups is 1. The molecule has 1 aromatic rings. The molecule has 170 valence electrons. The molecule has 9 heteroatoms. The molecule has 2 N–H and O–H groups in total. The third kappa shape index (κ3) is 6.70. The van der Waals surface area contributed by atoms with E-state index in [0.717, 1.165) is 57.2 Å². The van der Waals surface area contributed by atoms with Crippen LogP contribution in [0.5, 0.6) is 0 Å². The van der Waals surface area contributed by atoms with Crippen molar-refractivity contribution in [1.82, 2.24) is 30.2 Å². The third-order valence-electron chi connectivity index (χ3n) is 5.42. The molecule has 1 aromatic heterocycles. The Hall–Kier alpha value is -2.13. The van der Waals surface area contributed by atoms with Crippen LogP contribution >= 0.6 is 0 Å². The molecular weight excluding hydrogens is 382 g/mol. The van der Waals surface area contributed by atoms with Crippen molar-refractivity contribution < 1.29 is 9.53 Å². The molecular formula is C21H39N7O2. The van der Waals surface area contributed by atoms with Gasteiger partial charge in [-0.05, 0) is 19.8 Å². The van der Waals surface area contributed by atoms with Gasteiger partial charge in [0.15, 0.2) is 5.96 Å². The summed E-state index contributed by atoms with van der Waals surface area (Å²) in [6, 6.07) is 0. The summed E-state index contributed by atoms with van der Waals surface area (Å²) in [7, 11) is 3.65. The van der Waals surface area contributed by atoms with E-state index >= 15 is 0 Å². The number of ether oxygens (including phenoxy) is 1. The van der Waals surface area contributed by atoms with E-state index in [1.807, 2.05) is 11.7 Å². The number of hydrogen-bond acceptors (Lipinski definition) is 5. The first-order valence-corrected chi connectivity index (χ1v) is 11.1. The number of amides is 1. The maximum absolute atomic E-state index is 12.0. The average molecular weight is 422 g/mol. The van der Waals surface area contributed by atoms with Crippen LogP contribution < -0.4 is 10.6 Å². The van der Waals surface area contributed by atoms with Crippen molar-refractivity contribution in [1.29, 1.82) is 0 Å². The number of carbonyl (C=O) groups excluding carboxylic acids is 1. The molecule has 0 unspecified atom stereocenters. The number of nitrogens with zero attached hydrogens (tertiary/aromatic N) is 5. The first-order valence-electron chi connectivity index (χ1n) is 11.1. The second kappa shape index (κ2) is 12.5. The van der Waals surface area contributed by atoms with Gasteiger partial charge in [-0.15, -0.1) is 0 Å². The number of carbonyl (C=O) groups is 1. The first-order chi connectivity index (χ1) is 14.5. The summed E-state index contributed by atoms with van der Waals surface area (Å²) in [5.74, 6) is 0.992. The van der Waals surface area contributed by atoms with Gasteiger partial charge < -0.3 is 20.3 Å². The average Bonchev–Trinajstić information content (AvgIpc) is 3.06. The van der Waals surface area contributed by atoms with Crippen molar-refractivity contribution >= 4 is 11.9 Å². The Balaban J connectivity index is 1.95. The van der Waals surface area contributed by atoms with Gasteiger partial charge in [-0.2, -0.15) is 5.10 Å². The van der Waals surface area contributed by atoms with Crippen LogP contribution in [0.25, 0.3) is 0 Å².